The Labute approximate surface area is 118 Å². The van der Waals surface area contributed by atoms with Crippen LogP contribution in [0.4, 0.5) is 8.78 Å². The molecule has 0 fully saturated rings. The lowest BCUT2D eigenvalue weighted by Gasteiger charge is -2.12. The number of benzene rings is 2. The van der Waals surface area contributed by atoms with Gasteiger partial charge in [0.05, 0.1) is 0 Å². The van der Waals surface area contributed by atoms with Crippen molar-refractivity contribution >= 4 is 27.5 Å². The van der Waals surface area contributed by atoms with Crippen molar-refractivity contribution in [3.8, 4) is 0 Å². The molecule has 1 atom stereocenters. The van der Waals surface area contributed by atoms with Gasteiger partial charge in [-0.3, -0.25) is 0 Å². The Balaban J connectivity index is 2.22. The third-order valence-electron chi connectivity index (χ3n) is 2.66. The number of hydrogen-bond donors (Lipinski definition) is 0. The molecule has 0 aliphatic carbocycles. The fourth-order valence-electron chi connectivity index (χ4n) is 1.72. The molecule has 18 heavy (non-hydrogen) atoms. The third-order valence-corrected chi connectivity index (χ3v) is 3.80. The molecule has 0 spiro atoms. The van der Waals surface area contributed by atoms with E-state index >= 15 is 0 Å². The third kappa shape index (κ3) is 3.09. The predicted octanol–water partition coefficient (Wildman–Crippen LogP) is 5.30. The molecule has 0 amide bonds. The molecule has 0 heterocycles. The van der Waals surface area contributed by atoms with Gasteiger partial charge in [0.15, 0.2) is 0 Å². The zero-order valence-electron chi connectivity index (χ0n) is 9.34. The minimum absolute atomic E-state index is 0.150. The summed E-state index contributed by atoms with van der Waals surface area (Å²) in [6.45, 7) is 0. The highest BCUT2D eigenvalue weighted by atomic mass is 79.9. The highest BCUT2D eigenvalue weighted by molar-refractivity contribution is 9.09. The topological polar surface area (TPSA) is 0 Å². The van der Waals surface area contributed by atoms with Crippen molar-refractivity contribution in [3.05, 3.63) is 70.2 Å². The van der Waals surface area contributed by atoms with E-state index in [4.69, 9.17) is 11.6 Å². The molecule has 1 unspecified atom stereocenters. The summed E-state index contributed by atoms with van der Waals surface area (Å²) in [5.74, 6) is -0.630. The van der Waals surface area contributed by atoms with E-state index in [0.29, 0.717) is 17.0 Å². The van der Waals surface area contributed by atoms with Gasteiger partial charge in [0, 0.05) is 9.85 Å². The lowest BCUT2D eigenvalue weighted by atomic mass is 10.0. The van der Waals surface area contributed by atoms with E-state index in [1.807, 2.05) is 0 Å². The zero-order valence-corrected chi connectivity index (χ0v) is 11.7. The average Bonchev–Trinajstić information content (AvgIpc) is 2.32. The molecule has 0 bridgehead atoms. The first-order valence-corrected chi connectivity index (χ1v) is 6.69. The molecule has 0 nitrogen and oxygen atoms in total. The largest absolute Gasteiger partial charge is 0.207 e. The Hall–Kier alpha value is -0.930. The molecule has 0 aliphatic heterocycles. The first-order valence-electron chi connectivity index (χ1n) is 5.40. The van der Waals surface area contributed by atoms with Gasteiger partial charge in [-0.25, -0.2) is 8.78 Å². The zero-order chi connectivity index (χ0) is 13.1. The molecular formula is C14H10BrClF2. The summed E-state index contributed by atoms with van der Waals surface area (Å²) in [7, 11) is 0. The van der Waals surface area contributed by atoms with Crippen molar-refractivity contribution in [2.45, 2.75) is 11.2 Å². The van der Waals surface area contributed by atoms with Crippen LogP contribution in [0.5, 0.6) is 0 Å². The maximum Gasteiger partial charge on any atom is 0.126 e. The second kappa shape index (κ2) is 5.81. The van der Waals surface area contributed by atoms with Crippen LogP contribution >= 0.6 is 27.5 Å². The van der Waals surface area contributed by atoms with Crippen molar-refractivity contribution in [1.82, 2.24) is 0 Å². The second-order valence-electron chi connectivity index (χ2n) is 3.93. The summed E-state index contributed by atoms with van der Waals surface area (Å²) < 4.78 is 26.5. The quantitative estimate of drug-likeness (QED) is 0.670. The van der Waals surface area contributed by atoms with Crippen LogP contribution < -0.4 is 0 Å². The molecule has 0 N–H and O–H groups in total. The molecule has 2 rings (SSSR count). The minimum atomic E-state index is -0.380. The summed E-state index contributed by atoms with van der Waals surface area (Å²) in [6.07, 6.45) is 0.456. The van der Waals surface area contributed by atoms with Crippen molar-refractivity contribution in [2.75, 3.05) is 0 Å². The SMILES string of the molecule is Fc1ccc(C(Br)Cc2ccccc2F)c(Cl)c1. The van der Waals surface area contributed by atoms with Crippen LogP contribution in [0.1, 0.15) is 16.0 Å². The second-order valence-corrected chi connectivity index (χ2v) is 5.44. The van der Waals surface area contributed by atoms with E-state index in [2.05, 4.69) is 15.9 Å². The summed E-state index contributed by atoms with van der Waals surface area (Å²) in [6, 6.07) is 10.8. The van der Waals surface area contributed by atoms with Crippen LogP contribution in [0.25, 0.3) is 0 Å². The fourth-order valence-corrected chi connectivity index (χ4v) is 2.90. The molecule has 0 aliphatic rings. The normalized spacial score (nSPS) is 12.4. The monoisotopic (exact) mass is 330 g/mol. The molecule has 0 saturated heterocycles. The standard InChI is InChI=1S/C14H10BrClF2/c15-12(7-9-3-1-2-4-14(9)18)11-6-5-10(17)8-13(11)16/h1-6,8,12H,7H2. The first kappa shape index (κ1) is 13.5. The van der Waals surface area contributed by atoms with E-state index in [9.17, 15) is 8.78 Å². The van der Waals surface area contributed by atoms with Gasteiger partial charge in [0.1, 0.15) is 11.6 Å². The van der Waals surface area contributed by atoms with Gasteiger partial charge in [0.2, 0.25) is 0 Å². The number of halogens is 4. The molecule has 2 aromatic carbocycles. The molecule has 4 heteroatoms. The minimum Gasteiger partial charge on any atom is -0.207 e. The van der Waals surface area contributed by atoms with Gasteiger partial charge in [-0.05, 0) is 35.7 Å². The van der Waals surface area contributed by atoms with Gasteiger partial charge in [-0.15, -0.1) is 0 Å². The summed E-state index contributed by atoms with van der Waals surface area (Å²) >= 11 is 9.43. The maximum atomic E-state index is 13.5. The average molecular weight is 332 g/mol. The van der Waals surface area contributed by atoms with Crippen LogP contribution in [0.3, 0.4) is 0 Å². The summed E-state index contributed by atoms with van der Waals surface area (Å²) in [5, 5.41) is 0.341. The van der Waals surface area contributed by atoms with Gasteiger partial charge in [0.25, 0.3) is 0 Å². The molecule has 0 radical (unpaired) electrons. The van der Waals surface area contributed by atoms with Crippen molar-refractivity contribution in [3.63, 3.8) is 0 Å². The van der Waals surface area contributed by atoms with Gasteiger partial charge in [-0.1, -0.05) is 51.8 Å². The van der Waals surface area contributed by atoms with Crippen molar-refractivity contribution in [2.24, 2.45) is 0 Å². The number of rotatable bonds is 3. The highest BCUT2D eigenvalue weighted by Gasteiger charge is 2.14. The van der Waals surface area contributed by atoms with Crippen LogP contribution in [0.15, 0.2) is 42.5 Å². The van der Waals surface area contributed by atoms with E-state index in [1.54, 1.807) is 24.3 Å². The highest BCUT2D eigenvalue weighted by Crippen LogP contribution is 2.33. The van der Waals surface area contributed by atoms with Crippen LogP contribution in [-0.2, 0) is 6.42 Å². The molecule has 2 aromatic rings. The molecule has 94 valence electrons. The Morgan fingerprint density at radius 2 is 1.83 bits per heavy atom. The lowest BCUT2D eigenvalue weighted by Crippen LogP contribution is -1.99. The van der Waals surface area contributed by atoms with Crippen molar-refractivity contribution in [1.29, 1.82) is 0 Å². The van der Waals surface area contributed by atoms with Crippen LogP contribution in [0.2, 0.25) is 5.02 Å². The Bertz CT molecular complexity index is 557. The van der Waals surface area contributed by atoms with Crippen LogP contribution in [0, 0.1) is 11.6 Å². The molecule has 0 aromatic heterocycles. The van der Waals surface area contributed by atoms with E-state index < -0.39 is 0 Å². The number of hydrogen-bond acceptors (Lipinski definition) is 0. The summed E-state index contributed by atoms with van der Waals surface area (Å²) in [5.41, 5.74) is 1.35. The smallest absolute Gasteiger partial charge is 0.126 e. The van der Waals surface area contributed by atoms with Crippen LogP contribution in [-0.4, -0.2) is 0 Å². The van der Waals surface area contributed by atoms with E-state index in [1.165, 1.54) is 18.2 Å². The van der Waals surface area contributed by atoms with Gasteiger partial charge in [-0.2, -0.15) is 0 Å². The molecular weight excluding hydrogens is 322 g/mol. The van der Waals surface area contributed by atoms with E-state index in [-0.39, 0.29) is 16.5 Å². The number of alkyl halides is 1. The fraction of sp³-hybridized carbons (Fsp3) is 0.143. The summed E-state index contributed by atoms with van der Waals surface area (Å²) in [4.78, 5) is -0.150. The van der Waals surface area contributed by atoms with E-state index in [0.717, 1.165) is 5.56 Å². The van der Waals surface area contributed by atoms with Gasteiger partial charge < -0.3 is 0 Å². The first-order chi connectivity index (χ1) is 8.58. The molecule has 0 saturated carbocycles. The Morgan fingerprint density at radius 3 is 2.50 bits per heavy atom. The maximum absolute atomic E-state index is 13.5. The lowest BCUT2D eigenvalue weighted by molar-refractivity contribution is 0.607. The van der Waals surface area contributed by atoms with Crippen molar-refractivity contribution < 1.29 is 8.78 Å². The Kier molecular flexibility index (Phi) is 4.36. The predicted molar refractivity (Wildman–Crippen MR) is 73.2 cm³/mol. The van der Waals surface area contributed by atoms with Gasteiger partial charge >= 0.3 is 0 Å². The Morgan fingerprint density at radius 1 is 1.11 bits per heavy atom.